The average Bonchev–Trinajstić information content (AvgIpc) is 3.35. The Bertz CT molecular complexity index is 1290. The van der Waals surface area contributed by atoms with E-state index >= 15 is 0 Å². The lowest BCUT2D eigenvalue weighted by molar-refractivity contribution is -0.137. The molecule has 202 valence electrons. The summed E-state index contributed by atoms with van der Waals surface area (Å²) in [5.74, 6) is -0.531. The minimum absolute atomic E-state index is 0.0353. The van der Waals surface area contributed by atoms with Gasteiger partial charge in [-0.25, -0.2) is 8.42 Å². The Labute approximate surface area is 228 Å². The third-order valence-electron chi connectivity index (χ3n) is 7.54. The van der Waals surface area contributed by atoms with Crippen LogP contribution >= 0.6 is 11.8 Å². The number of carboxylic acids is 1. The maximum absolute atomic E-state index is 12.5. The third-order valence-corrected chi connectivity index (χ3v) is 10.8. The summed E-state index contributed by atoms with van der Waals surface area (Å²) in [4.78, 5) is 31.8. The van der Waals surface area contributed by atoms with E-state index in [4.69, 9.17) is 5.11 Å². The van der Waals surface area contributed by atoms with Crippen LogP contribution in [0.5, 0.6) is 0 Å². The zero-order valence-corrected chi connectivity index (χ0v) is 22.9. The average molecular weight is 556 g/mol. The quantitative estimate of drug-likeness (QED) is 0.521. The monoisotopic (exact) mass is 555 g/mol. The van der Waals surface area contributed by atoms with Gasteiger partial charge < -0.3 is 14.9 Å². The van der Waals surface area contributed by atoms with E-state index in [1.165, 1.54) is 17.3 Å². The SMILES string of the molecule is O=C(O)CCCC(=O)N=C1S[C@H]2CS(=O)(=O)C[C@H]2N1c1ccc(N2CCC(Cc3ccccc3)CC2)cc1. The molecule has 3 aliphatic heterocycles. The van der Waals surface area contributed by atoms with E-state index in [2.05, 4.69) is 52.4 Å². The molecule has 3 aliphatic rings. The maximum Gasteiger partial charge on any atom is 0.303 e. The number of carboxylic acid groups (broad SMARTS) is 1. The van der Waals surface area contributed by atoms with Gasteiger partial charge in [0.05, 0.1) is 17.5 Å². The summed E-state index contributed by atoms with van der Waals surface area (Å²) < 4.78 is 24.7. The Morgan fingerprint density at radius 2 is 1.63 bits per heavy atom. The zero-order chi connectivity index (χ0) is 26.7. The highest BCUT2D eigenvalue weighted by Gasteiger charge is 2.49. The number of aliphatic carboxylic acids is 1. The molecule has 0 bridgehead atoms. The number of hydrogen-bond donors (Lipinski definition) is 1. The van der Waals surface area contributed by atoms with Gasteiger partial charge in [0.2, 0.25) is 5.91 Å². The van der Waals surface area contributed by atoms with E-state index in [0.29, 0.717) is 11.1 Å². The van der Waals surface area contributed by atoms with Crippen molar-refractivity contribution in [3.05, 3.63) is 60.2 Å². The van der Waals surface area contributed by atoms with Gasteiger partial charge in [-0.2, -0.15) is 4.99 Å². The number of hydrogen-bond acceptors (Lipinski definition) is 6. The second-order valence-electron chi connectivity index (χ2n) is 10.3. The summed E-state index contributed by atoms with van der Waals surface area (Å²) in [6, 6.07) is 18.5. The molecule has 5 rings (SSSR count). The van der Waals surface area contributed by atoms with Crippen LogP contribution in [0.4, 0.5) is 11.4 Å². The van der Waals surface area contributed by atoms with E-state index in [-0.39, 0.29) is 48.0 Å². The molecule has 0 spiro atoms. The minimum atomic E-state index is -3.15. The Kier molecular flexibility index (Phi) is 8.09. The third kappa shape index (κ3) is 6.40. The van der Waals surface area contributed by atoms with Crippen molar-refractivity contribution >= 4 is 50.0 Å². The molecule has 38 heavy (non-hydrogen) atoms. The molecule has 3 saturated heterocycles. The summed E-state index contributed by atoms with van der Waals surface area (Å²) in [6.07, 6.45) is 3.60. The largest absolute Gasteiger partial charge is 0.481 e. The number of piperidine rings is 1. The second-order valence-corrected chi connectivity index (χ2v) is 13.7. The Morgan fingerprint density at radius 3 is 2.32 bits per heavy atom. The molecule has 1 amide bonds. The van der Waals surface area contributed by atoms with Gasteiger partial charge in [0.25, 0.3) is 0 Å². The predicted octanol–water partition coefficient (Wildman–Crippen LogP) is 4.00. The van der Waals surface area contributed by atoms with Crippen molar-refractivity contribution in [2.24, 2.45) is 10.9 Å². The summed E-state index contributed by atoms with van der Waals surface area (Å²) in [6.45, 7) is 1.99. The zero-order valence-electron chi connectivity index (χ0n) is 21.2. The number of amides is 1. The highest BCUT2D eigenvalue weighted by atomic mass is 32.2. The van der Waals surface area contributed by atoms with Gasteiger partial charge in [0, 0.05) is 42.6 Å². The molecule has 2 aromatic carbocycles. The van der Waals surface area contributed by atoms with E-state index in [9.17, 15) is 18.0 Å². The molecule has 2 atom stereocenters. The lowest BCUT2D eigenvalue weighted by Gasteiger charge is -2.34. The molecule has 0 radical (unpaired) electrons. The molecule has 10 heteroatoms. The number of aliphatic imine (C=N–C) groups is 1. The van der Waals surface area contributed by atoms with Crippen LogP contribution in [-0.4, -0.2) is 66.5 Å². The summed E-state index contributed by atoms with van der Waals surface area (Å²) >= 11 is 1.34. The van der Waals surface area contributed by atoms with Crippen molar-refractivity contribution < 1.29 is 23.1 Å². The van der Waals surface area contributed by atoms with Gasteiger partial charge in [0.1, 0.15) is 0 Å². The first kappa shape index (κ1) is 26.7. The Morgan fingerprint density at radius 1 is 0.947 bits per heavy atom. The summed E-state index contributed by atoms with van der Waals surface area (Å²) in [5.41, 5.74) is 3.35. The van der Waals surface area contributed by atoms with Gasteiger partial charge in [-0.3, -0.25) is 9.59 Å². The van der Waals surface area contributed by atoms with Crippen LogP contribution in [0, 0.1) is 5.92 Å². The van der Waals surface area contributed by atoms with Crippen LogP contribution in [0.15, 0.2) is 59.6 Å². The number of rotatable bonds is 8. The highest BCUT2D eigenvalue weighted by molar-refractivity contribution is 8.16. The van der Waals surface area contributed by atoms with Gasteiger partial charge in [-0.15, -0.1) is 0 Å². The number of anilines is 2. The molecule has 3 fully saturated rings. The molecule has 2 aromatic rings. The lowest BCUT2D eigenvalue weighted by atomic mass is 9.90. The van der Waals surface area contributed by atoms with Crippen molar-refractivity contribution in [1.82, 2.24) is 0 Å². The number of benzene rings is 2. The van der Waals surface area contributed by atoms with E-state index in [1.54, 1.807) is 0 Å². The lowest BCUT2D eigenvalue weighted by Crippen LogP contribution is -2.38. The van der Waals surface area contributed by atoms with Gasteiger partial charge in [0.15, 0.2) is 15.0 Å². The standard InChI is InChI=1S/C28H33N3O5S2/c32-26(7-4-8-27(33)34)29-28-31(24-18-38(35,36)19-25(24)37-28)23-11-9-22(10-12-23)30-15-13-21(14-16-30)17-20-5-2-1-3-6-20/h1-3,5-6,9-12,21,24-25H,4,7-8,13-19H2,(H,33,34)/t24-,25+/m1/s1. The van der Waals surface area contributed by atoms with Crippen molar-refractivity contribution in [1.29, 1.82) is 0 Å². The van der Waals surface area contributed by atoms with Crippen LogP contribution < -0.4 is 9.80 Å². The first-order chi connectivity index (χ1) is 18.3. The normalized spacial score (nSPS) is 24.1. The number of sulfone groups is 1. The van der Waals surface area contributed by atoms with Crippen LogP contribution in [0.1, 0.15) is 37.7 Å². The molecule has 0 saturated carbocycles. The molecule has 0 aliphatic carbocycles. The van der Waals surface area contributed by atoms with E-state index in [0.717, 1.165) is 43.7 Å². The molecule has 8 nitrogen and oxygen atoms in total. The van der Waals surface area contributed by atoms with Crippen LogP contribution in [0.3, 0.4) is 0 Å². The van der Waals surface area contributed by atoms with Crippen LogP contribution in [0.2, 0.25) is 0 Å². The Balaban J connectivity index is 1.26. The highest BCUT2D eigenvalue weighted by Crippen LogP contribution is 2.41. The predicted molar refractivity (Wildman–Crippen MR) is 152 cm³/mol. The first-order valence-electron chi connectivity index (χ1n) is 13.2. The molecular weight excluding hydrogens is 522 g/mol. The van der Waals surface area contributed by atoms with Crippen molar-refractivity contribution in [2.75, 3.05) is 34.4 Å². The summed E-state index contributed by atoms with van der Waals surface area (Å²) in [7, 11) is -3.15. The molecule has 1 N–H and O–H groups in total. The summed E-state index contributed by atoms with van der Waals surface area (Å²) in [5, 5.41) is 9.16. The maximum atomic E-state index is 12.5. The topological polar surface area (TPSA) is 107 Å². The molecule has 0 aromatic heterocycles. The smallest absolute Gasteiger partial charge is 0.303 e. The van der Waals surface area contributed by atoms with Crippen molar-refractivity contribution in [3.8, 4) is 0 Å². The number of thioether (sulfide) groups is 1. The minimum Gasteiger partial charge on any atom is -0.481 e. The fourth-order valence-electron chi connectivity index (χ4n) is 5.59. The fraction of sp³-hybridized carbons (Fsp3) is 0.464. The van der Waals surface area contributed by atoms with Gasteiger partial charge >= 0.3 is 5.97 Å². The number of carbonyl (C=O) groups excluding carboxylic acids is 1. The van der Waals surface area contributed by atoms with Crippen molar-refractivity contribution in [2.45, 2.75) is 49.8 Å². The van der Waals surface area contributed by atoms with E-state index < -0.39 is 15.8 Å². The first-order valence-corrected chi connectivity index (χ1v) is 15.9. The van der Waals surface area contributed by atoms with Crippen LogP contribution in [-0.2, 0) is 25.8 Å². The fourth-order valence-corrected chi connectivity index (χ4v) is 9.52. The molecule has 0 unspecified atom stereocenters. The number of fused-ring (bicyclic) bond motifs is 1. The van der Waals surface area contributed by atoms with Crippen molar-refractivity contribution in [3.63, 3.8) is 0 Å². The Hall–Kier alpha value is -2.85. The number of nitrogens with zero attached hydrogens (tertiary/aromatic N) is 3. The van der Waals surface area contributed by atoms with Gasteiger partial charge in [-0.05, 0) is 61.4 Å². The van der Waals surface area contributed by atoms with E-state index in [1.807, 2.05) is 17.0 Å². The molecular formula is C28H33N3O5S2. The van der Waals surface area contributed by atoms with Crippen LogP contribution in [0.25, 0.3) is 0 Å². The van der Waals surface area contributed by atoms with Gasteiger partial charge in [-0.1, -0.05) is 42.1 Å². The number of carbonyl (C=O) groups is 2. The number of amidine groups is 1. The molecule has 3 heterocycles. The second kappa shape index (κ2) is 11.5.